The van der Waals surface area contributed by atoms with Crippen LogP contribution in [0, 0.1) is 11.7 Å². The summed E-state index contributed by atoms with van der Waals surface area (Å²) in [5, 5.41) is 2.82. The first-order valence-corrected chi connectivity index (χ1v) is 8.01. The summed E-state index contributed by atoms with van der Waals surface area (Å²) in [4.78, 5) is 14.1. The van der Waals surface area contributed by atoms with Crippen molar-refractivity contribution in [2.24, 2.45) is 5.92 Å². The van der Waals surface area contributed by atoms with Crippen LogP contribution in [0.4, 0.5) is 15.8 Å². The molecule has 1 aromatic rings. The number of nitrogens with one attached hydrogen (secondary N) is 1. The van der Waals surface area contributed by atoms with Gasteiger partial charge in [-0.15, -0.1) is 0 Å². The van der Waals surface area contributed by atoms with Crippen molar-refractivity contribution in [3.8, 4) is 0 Å². The van der Waals surface area contributed by atoms with Crippen molar-refractivity contribution >= 4 is 17.3 Å². The molecule has 0 aliphatic carbocycles. The monoisotopic (exact) mass is 292 g/mol. The molecule has 21 heavy (non-hydrogen) atoms. The normalized spacial score (nSPS) is 15.3. The van der Waals surface area contributed by atoms with Gasteiger partial charge in [0.2, 0.25) is 5.91 Å². The number of carbonyl (C=O) groups excluding carboxylic acids is 1. The zero-order chi connectivity index (χ0) is 15.2. The fourth-order valence-corrected chi connectivity index (χ4v) is 2.88. The van der Waals surface area contributed by atoms with Crippen LogP contribution < -0.4 is 10.2 Å². The number of anilines is 2. The van der Waals surface area contributed by atoms with Gasteiger partial charge in [0.1, 0.15) is 5.82 Å². The SMILES string of the molecule is CCC(CC)C(=O)Nc1ccc(N2CCCCC2)c(F)c1. The molecule has 1 aromatic carbocycles. The first kappa shape index (κ1) is 15.8. The van der Waals surface area contributed by atoms with E-state index >= 15 is 0 Å². The summed E-state index contributed by atoms with van der Waals surface area (Å²) in [5.74, 6) is -0.279. The fourth-order valence-electron chi connectivity index (χ4n) is 2.88. The Morgan fingerprint density at radius 1 is 1.24 bits per heavy atom. The van der Waals surface area contributed by atoms with Gasteiger partial charge in [0.15, 0.2) is 0 Å². The van der Waals surface area contributed by atoms with E-state index in [2.05, 4.69) is 10.2 Å². The Kier molecular flexibility index (Phi) is 5.59. The maximum Gasteiger partial charge on any atom is 0.227 e. The van der Waals surface area contributed by atoms with E-state index in [1.807, 2.05) is 13.8 Å². The van der Waals surface area contributed by atoms with E-state index in [1.165, 1.54) is 12.5 Å². The molecule has 0 spiro atoms. The summed E-state index contributed by atoms with van der Waals surface area (Å²) in [6.07, 6.45) is 5.06. The minimum atomic E-state index is -0.251. The lowest BCUT2D eigenvalue weighted by Crippen LogP contribution is -2.30. The molecule has 2 rings (SSSR count). The van der Waals surface area contributed by atoms with Crippen molar-refractivity contribution in [3.05, 3.63) is 24.0 Å². The van der Waals surface area contributed by atoms with E-state index in [4.69, 9.17) is 0 Å². The average molecular weight is 292 g/mol. The number of benzene rings is 1. The van der Waals surface area contributed by atoms with Crippen LogP contribution in [0.3, 0.4) is 0 Å². The van der Waals surface area contributed by atoms with E-state index in [1.54, 1.807) is 12.1 Å². The van der Waals surface area contributed by atoms with Gasteiger partial charge in [-0.2, -0.15) is 0 Å². The van der Waals surface area contributed by atoms with Crippen LogP contribution in [0.5, 0.6) is 0 Å². The smallest absolute Gasteiger partial charge is 0.227 e. The van der Waals surface area contributed by atoms with Gasteiger partial charge in [0.05, 0.1) is 5.69 Å². The molecule has 4 heteroatoms. The Morgan fingerprint density at radius 2 is 1.90 bits per heavy atom. The number of rotatable bonds is 5. The largest absolute Gasteiger partial charge is 0.369 e. The molecule has 0 bridgehead atoms. The summed E-state index contributed by atoms with van der Waals surface area (Å²) in [6, 6.07) is 5.01. The van der Waals surface area contributed by atoms with E-state index in [0.717, 1.165) is 38.8 Å². The summed E-state index contributed by atoms with van der Waals surface area (Å²) < 4.78 is 14.3. The van der Waals surface area contributed by atoms with Gasteiger partial charge >= 0.3 is 0 Å². The Bertz CT molecular complexity index is 480. The Balaban J connectivity index is 2.06. The molecule has 1 saturated heterocycles. The molecule has 3 nitrogen and oxygen atoms in total. The van der Waals surface area contributed by atoms with E-state index in [-0.39, 0.29) is 17.6 Å². The minimum absolute atomic E-state index is 0.00478. The molecular formula is C17H25FN2O. The number of amides is 1. The highest BCUT2D eigenvalue weighted by molar-refractivity contribution is 5.92. The molecule has 0 radical (unpaired) electrons. The third kappa shape index (κ3) is 3.96. The number of hydrogen-bond donors (Lipinski definition) is 1. The van der Waals surface area contributed by atoms with Crippen molar-refractivity contribution < 1.29 is 9.18 Å². The number of halogens is 1. The van der Waals surface area contributed by atoms with Gasteiger partial charge in [-0.05, 0) is 50.3 Å². The first-order valence-electron chi connectivity index (χ1n) is 8.01. The van der Waals surface area contributed by atoms with Crippen LogP contribution in [0.2, 0.25) is 0 Å². The maximum atomic E-state index is 14.3. The lowest BCUT2D eigenvalue weighted by atomic mass is 10.0. The lowest BCUT2D eigenvalue weighted by Gasteiger charge is -2.29. The zero-order valence-corrected chi connectivity index (χ0v) is 13.0. The van der Waals surface area contributed by atoms with Crippen molar-refractivity contribution in [1.82, 2.24) is 0 Å². The molecular weight excluding hydrogens is 267 g/mol. The number of piperidine rings is 1. The molecule has 1 amide bonds. The number of carbonyl (C=O) groups is 1. The van der Waals surface area contributed by atoms with Gasteiger partial charge in [-0.1, -0.05) is 13.8 Å². The Morgan fingerprint density at radius 3 is 2.48 bits per heavy atom. The third-order valence-electron chi connectivity index (χ3n) is 4.27. The Hall–Kier alpha value is -1.58. The van der Waals surface area contributed by atoms with Gasteiger partial charge in [0, 0.05) is 24.7 Å². The van der Waals surface area contributed by atoms with E-state index in [0.29, 0.717) is 11.4 Å². The summed E-state index contributed by atoms with van der Waals surface area (Å²) in [6.45, 7) is 5.81. The highest BCUT2D eigenvalue weighted by atomic mass is 19.1. The van der Waals surface area contributed by atoms with Crippen molar-refractivity contribution in [1.29, 1.82) is 0 Å². The topological polar surface area (TPSA) is 32.3 Å². The van der Waals surface area contributed by atoms with Crippen LogP contribution in [0.25, 0.3) is 0 Å². The molecule has 1 N–H and O–H groups in total. The number of nitrogens with zero attached hydrogens (tertiary/aromatic N) is 1. The second-order valence-electron chi connectivity index (χ2n) is 5.72. The van der Waals surface area contributed by atoms with Crippen LogP contribution >= 0.6 is 0 Å². The van der Waals surface area contributed by atoms with Crippen molar-refractivity contribution in [2.45, 2.75) is 46.0 Å². The minimum Gasteiger partial charge on any atom is -0.369 e. The third-order valence-corrected chi connectivity index (χ3v) is 4.27. The molecule has 116 valence electrons. The quantitative estimate of drug-likeness (QED) is 0.882. The van der Waals surface area contributed by atoms with Crippen LogP contribution in [-0.2, 0) is 4.79 Å². The molecule has 0 unspecified atom stereocenters. The Labute approximate surface area is 126 Å². The maximum absolute atomic E-state index is 14.3. The molecule has 1 aliphatic rings. The lowest BCUT2D eigenvalue weighted by molar-refractivity contribution is -0.120. The predicted molar refractivity (Wildman–Crippen MR) is 85.2 cm³/mol. The van der Waals surface area contributed by atoms with Crippen LogP contribution in [0.15, 0.2) is 18.2 Å². The molecule has 0 saturated carbocycles. The molecule has 1 heterocycles. The molecule has 0 aromatic heterocycles. The molecule has 1 fully saturated rings. The average Bonchev–Trinajstić information content (AvgIpc) is 2.49. The van der Waals surface area contributed by atoms with Gasteiger partial charge in [0.25, 0.3) is 0 Å². The van der Waals surface area contributed by atoms with Crippen molar-refractivity contribution in [2.75, 3.05) is 23.3 Å². The highest BCUT2D eigenvalue weighted by Crippen LogP contribution is 2.26. The first-order chi connectivity index (χ1) is 10.2. The predicted octanol–water partition coefficient (Wildman–Crippen LogP) is 4.19. The van der Waals surface area contributed by atoms with Gasteiger partial charge in [-0.3, -0.25) is 4.79 Å². The zero-order valence-electron chi connectivity index (χ0n) is 13.0. The second kappa shape index (κ2) is 7.43. The standard InChI is InChI=1S/C17H25FN2O/c1-3-13(4-2)17(21)19-14-8-9-16(15(18)12-14)20-10-6-5-7-11-20/h8-9,12-13H,3-7,10-11H2,1-2H3,(H,19,21). The van der Waals surface area contributed by atoms with E-state index in [9.17, 15) is 9.18 Å². The summed E-state index contributed by atoms with van der Waals surface area (Å²) in [5.41, 5.74) is 1.19. The van der Waals surface area contributed by atoms with Crippen molar-refractivity contribution in [3.63, 3.8) is 0 Å². The molecule has 0 atom stereocenters. The van der Waals surface area contributed by atoms with Crippen LogP contribution in [-0.4, -0.2) is 19.0 Å². The second-order valence-corrected chi connectivity index (χ2v) is 5.72. The number of hydrogen-bond acceptors (Lipinski definition) is 2. The van der Waals surface area contributed by atoms with Gasteiger partial charge in [-0.25, -0.2) is 4.39 Å². The summed E-state index contributed by atoms with van der Waals surface area (Å²) in [7, 11) is 0. The highest BCUT2D eigenvalue weighted by Gasteiger charge is 2.17. The van der Waals surface area contributed by atoms with E-state index < -0.39 is 0 Å². The van der Waals surface area contributed by atoms with Gasteiger partial charge < -0.3 is 10.2 Å². The molecule has 1 aliphatic heterocycles. The fraction of sp³-hybridized carbons (Fsp3) is 0.588. The summed E-state index contributed by atoms with van der Waals surface area (Å²) >= 11 is 0. The van der Waals surface area contributed by atoms with Crippen LogP contribution in [0.1, 0.15) is 46.0 Å².